The second-order valence-electron chi connectivity index (χ2n) is 7.51. The zero-order valence-electron chi connectivity index (χ0n) is 16.9. The Morgan fingerprint density at radius 1 is 1.11 bits per heavy atom. The first-order valence-corrected chi connectivity index (χ1v) is 11.3. The van der Waals surface area contributed by atoms with Crippen LogP contribution in [0.2, 0.25) is 0 Å². The van der Waals surface area contributed by atoms with E-state index < -0.39 is 10.0 Å². The predicted octanol–water partition coefficient (Wildman–Crippen LogP) is 1.58. The highest BCUT2D eigenvalue weighted by Gasteiger charge is 2.30. The molecule has 27 heavy (non-hydrogen) atoms. The fourth-order valence-electron chi connectivity index (χ4n) is 3.77. The van der Waals surface area contributed by atoms with E-state index in [0.29, 0.717) is 24.6 Å². The minimum absolute atomic E-state index is 0.0553. The number of hydrogen-bond donors (Lipinski definition) is 1. The summed E-state index contributed by atoms with van der Waals surface area (Å²) in [4.78, 5) is 14.1. The maximum absolute atomic E-state index is 12.6. The van der Waals surface area contributed by atoms with Crippen molar-refractivity contribution in [2.45, 2.75) is 50.5 Å². The van der Waals surface area contributed by atoms with Crippen molar-refractivity contribution < 1.29 is 22.8 Å². The van der Waals surface area contributed by atoms with Gasteiger partial charge in [0.05, 0.1) is 31.1 Å². The number of ether oxygens (including phenoxy) is 1. The van der Waals surface area contributed by atoms with Crippen LogP contribution in [0, 0.1) is 5.92 Å². The summed E-state index contributed by atoms with van der Waals surface area (Å²) in [7, 11) is 0.713. The number of esters is 1. The molecule has 1 aromatic rings. The van der Waals surface area contributed by atoms with Gasteiger partial charge in [-0.15, -0.1) is 0 Å². The van der Waals surface area contributed by atoms with Crippen LogP contribution in [0.4, 0.5) is 0 Å². The molecule has 2 rings (SSSR count). The number of benzene rings is 1. The fourth-order valence-corrected chi connectivity index (χ4v) is 5.23. The lowest BCUT2D eigenvalue weighted by molar-refractivity contribution is -0.862. The number of hydrogen-bond acceptors (Lipinski definition) is 4. The van der Waals surface area contributed by atoms with Gasteiger partial charge in [-0.2, -0.15) is 4.31 Å². The monoisotopic (exact) mass is 397 g/mol. The van der Waals surface area contributed by atoms with Gasteiger partial charge < -0.3 is 9.64 Å². The zero-order chi connectivity index (χ0) is 20.0. The Labute approximate surface area is 163 Å². The van der Waals surface area contributed by atoms with Gasteiger partial charge in [0.1, 0.15) is 6.10 Å². The third-order valence-corrected chi connectivity index (χ3v) is 7.27. The first-order chi connectivity index (χ1) is 12.8. The van der Waals surface area contributed by atoms with Gasteiger partial charge in [-0.25, -0.2) is 13.2 Å². The highest BCUT2D eigenvalue weighted by molar-refractivity contribution is 7.89. The van der Waals surface area contributed by atoms with E-state index in [-0.39, 0.29) is 17.0 Å². The first-order valence-electron chi connectivity index (χ1n) is 9.89. The van der Waals surface area contributed by atoms with Crippen LogP contribution in [0.15, 0.2) is 29.2 Å². The van der Waals surface area contributed by atoms with Crippen molar-refractivity contribution >= 4 is 16.0 Å². The Morgan fingerprint density at radius 3 is 2.26 bits per heavy atom. The highest BCUT2D eigenvalue weighted by Crippen LogP contribution is 2.27. The van der Waals surface area contributed by atoms with Crippen molar-refractivity contribution in [2.75, 3.05) is 33.7 Å². The number of rotatable bonds is 8. The van der Waals surface area contributed by atoms with Crippen molar-refractivity contribution in [1.82, 2.24) is 4.31 Å². The molecule has 1 N–H and O–H groups in total. The molecule has 1 aromatic carbocycles. The maximum Gasteiger partial charge on any atom is 0.338 e. The Hall–Kier alpha value is -1.44. The Morgan fingerprint density at radius 2 is 1.70 bits per heavy atom. The molecule has 0 heterocycles. The van der Waals surface area contributed by atoms with Crippen molar-refractivity contribution in [1.29, 1.82) is 0 Å². The van der Waals surface area contributed by atoms with Crippen LogP contribution < -0.4 is 4.90 Å². The lowest BCUT2D eigenvalue weighted by atomic mass is 9.86. The molecule has 1 aliphatic rings. The number of carbonyl (C=O) groups is 1. The molecule has 0 bridgehead atoms. The molecule has 0 aromatic heterocycles. The molecular formula is C20H33N2O4S+. The molecule has 1 fully saturated rings. The van der Waals surface area contributed by atoms with E-state index in [0.717, 1.165) is 25.8 Å². The van der Waals surface area contributed by atoms with Gasteiger partial charge in [-0.3, -0.25) is 0 Å². The Kier molecular flexibility index (Phi) is 7.82. The number of carbonyl (C=O) groups excluding carboxylic acids is 1. The molecule has 1 aliphatic carbocycles. The van der Waals surface area contributed by atoms with E-state index in [2.05, 4.69) is 14.1 Å². The van der Waals surface area contributed by atoms with Gasteiger partial charge in [0.15, 0.2) is 0 Å². The molecule has 0 saturated heterocycles. The lowest BCUT2D eigenvalue weighted by Crippen LogP contribution is -3.06. The van der Waals surface area contributed by atoms with E-state index in [9.17, 15) is 13.2 Å². The molecule has 0 radical (unpaired) electrons. The fraction of sp³-hybridized carbons (Fsp3) is 0.650. The van der Waals surface area contributed by atoms with Gasteiger partial charge in [0, 0.05) is 19.0 Å². The van der Waals surface area contributed by atoms with Crippen LogP contribution in [0.1, 0.15) is 49.9 Å². The predicted molar refractivity (Wildman–Crippen MR) is 105 cm³/mol. The molecule has 152 valence electrons. The quantitative estimate of drug-likeness (QED) is 0.676. The smallest absolute Gasteiger partial charge is 0.338 e. The van der Waals surface area contributed by atoms with Crippen LogP contribution in [0.25, 0.3) is 0 Å². The largest absolute Gasteiger partial charge is 0.458 e. The standard InChI is InChI=1S/C20H32N2O4S/c1-5-22(6-2)27(24,25)18-13-11-16(12-14-18)20(23)26-19-10-8-7-9-17(19)15-21(3)4/h11-14,17,19H,5-10,15H2,1-4H3/p+1/t17-,19+/m0/s1. The second kappa shape index (κ2) is 9.66. The highest BCUT2D eigenvalue weighted by atomic mass is 32.2. The average Bonchev–Trinajstić information content (AvgIpc) is 2.64. The van der Waals surface area contributed by atoms with Gasteiger partial charge in [0.2, 0.25) is 10.0 Å². The number of sulfonamides is 1. The molecule has 0 spiro atoms. The first kappa shape index (κ1) is 21.9. The number of nitrogens with one attached hydrogen (secondary N) is 1. The molecule has 0 unspecified atom stereocenters. The summed E-state index contributed by atoms with van der Waals surface area (Å²) in [6, 6.07) is 6.08. The number of nitrogens with zero attached hydrogens (tertiary/aromatic N) is 1. The molecule has 2 atom stereocenters. The van der Waals surface area contributed by atoms with E-state index in [1.165, 1.54) is 27.8 Å². The molecule has 1 saturated carbocycles. The second-order valence-corrected chi connectivity index (χ2v) is 9.45. The molecule has 7 heteroatoms. The summed E-state index contributed by atoms with van der Waals surface area (Å²) in [5.74, 6) is 0.0162. The van der Waals surface area contributed by atoms with Crippen LogP contribution >= 0.6 is 0 Å². The molecular weight excluding hydrogens is 364 g/mol. The van der Waals surface area contributed by atoms with Crippen molar-refractivity contribution in [2.24, 2.45) is 5.92 Å². The Balaban J connectivity index is 2.09. The number of quaternary nitrogens is 1. The SMILES string of the molecule is CCN(CC)S(=O)(=O)c1ccc(C(=O)O[C@@H]2CCCC[C@H]2C[NH+](C)C)cc1. The summed E-state index contributed by atoms with van der Waals surface area (Å²) in [5, 5.41) is 0. The minimum Gasteiger partial charge on any atom is -0.458 e. The van der Waals surface area contributed by atoms with Crippen LogP contribution in [-0.2, 0) is 14.8 Å². The average molecular weight is 398 g/mol. The topological polar surface area (TPSA) is 68.1 Å². The lowest BCUT2D eigenvalue weighted by Gasteiger charge is -2.31. The van der Waals surface area contributed by atoms with Crippen LogP contribution in [0.3, 0.4) is 0 Å². The van der Waals surface area contributed by atoms with Crippen molar-refractivity contribution in [3.63, 3.8) is 0 Å². The van der Waals surface area contributed by atoms with Gasteiger partial charge >= 0.3 is 5.97 Å². The molecule has 0 aliphatic heterocycles. The van der Waals surface area contributed by atoms with E-state index in [1.54, 1.807) is 12.1 Å². The molecule has 0 amide bonds. The van der Waals surface area contributed by atoms with Crippen molar-refractivity contribution in [3.05, 3.63) is 29.8 Å². The van der Waals surface area contributed by atoms with Gasteiger partial charge in [0.25, 0.3) is 0 Å². The third-order valence-electron chi connectivity index (χ3n) is 5.20. The van der Waals surface area contributed by atoms with Crippen LogP contribution in [0.5, 0.6) is 0 Å². The van der Waals surface area contributed by atoms with E-state index in [1.807, 2.05) is 13.8 Å². The summed E-state index contributed by atoms with van der Waals surface area (Å²) in [6.45, 7) is 5.43. The maximum atomic E-state index is 12.6. The minimum atomic E-state index is -3.51. The van der Waals surface area contributed by atoms with E-state index >= 15 is 0 Å². The molecule has 6 nitrogen and oxygen atoms in total. The van der Waals surface area contributed by atoms with Crippen molar-refractivity contribution in [3.8, 4) is 0 Å². The van der Waals surface area contributed by atoms with Crippen LogP contribution in [-0.4, -0.2) is 58.5 Å². The summed E-state index contributed by atoms with van der Waals surface area (Å²) >= 11 is 0. The zero-order valence-corrected chi connectivity index (χ0v) is 17.7. The Bertz CT molecular complexity index is 712. The van der Waals surface area contributed by atoms with E-state index in [4.69, 9.17) is 4.74 Å². The van der Waals surface area contributed by atoms with Gasteiger partial charge in [-0.05, 0) is 43.5 Å². The van der Waals surface area contributed by atoms with Gasteiger partial charge in [-0.1, -0.05) is 20.3 Å². The summed E-state index contributed by atoms with van der Waals surface area (Å²) in [5.41, 5.74) is 0.398. The summed E-state index contributed by atoms with van der Waals surface area (Å²) in [6.07, 6.45) is 4.20. The summed E-state index contributed by atoms with van der Waals surface area (Å²) < 4.78 is 32.3. The normalized spacial score (nSPS) is 20.8. The third kappa shape index (κ3) is 5.53.